The number of para-hydroxylation sites is 1. The zero-order valence-corrected chi connectivity index (χ0v) is 18.1. The summed E-state index contributed by atoms with van der Waals surface area (Å²) < 4.78 is 39.6. The summed E-state index contributed by atoms with van der Waals surface area (Å²) in [5.74, 6) is -1.56. The second-order valence-corrected chi connectivity index (χ2v) is 7.81. The Kier molecular flexibility index (Phi) is 5.65. The number of aromatic nitrogens is 2. The monoisotopic (exact) mass is 436 g/mol. The van der Waals surface area contributed by atoms with Gasteiger partial charge in [-0.05, 0) is 52.0 Å². The number of benzene rings is 2. The average Bonchev–Trinajstić information content (AvgIpc) is 2.75. The van der Waals surface area contributed by atoms with Crippen LogP contribution in [0.25, 0.3) is 22.2 Å². The van der Waals surface area contributed by atoms with Gasteiger partial charge in [0, 0.05) is 22.7 Å². The summed E-state index contributed by atoms with van der Waals surface area (Å²) >= 11 is 0. The summed E-state index contributed by atoms with van der Waals surface area (Å²) in [6.45, 7) is 6.84. The van der Waals surface area contributed by atoms with Crippen molar-refractivity contribution >= 4 is 10.9 Å². The first kappa shape index (κ1) is 21.5. The molecule has 0 fully saturated rings. The molecule has 0 saturated heterocycles. The molecule has 7 heteroatoms. The maximum Gasteiger partial charge on any atom is 0.229 e. The lowest BCUT2D eigenvalue weighted by molar-refractivity contribution is 0.240. The van der Waals surface area contributed by atoms with Crippen molar-refractivity contribution in [3.8, 4) is 28.6 Å². The van der Waals surface area contributed by atoms with E-state index in [2.05, 4.69) is 9.97 Å². The summed E-state index contributed by atoms with van der Waals surface area (Å²) in [6, 6.07) is 13.0. The first-order chi connectivity index (χ1) is 15.2. The second-order valence-electron chi connectivity index (χ2n) is 7.81. The molecule has 2 aromatic carbocycles. The molecule has 0 aliphatic rings. The van der Waals surface area contributed by atoms with Crippen LogP contribution in [-0.2, 0) is 0 Å². The number of hydrogen-bond acceptors (Lipinski definition) is 4. The molecule has 0 amide bonds. The van der Waals surface area contributed by atoms with Crippen LogP contribution >= 0.6 is 0 Å². The van der Waals surface area contributed by atoms with Crippen LogP contribution in [0.2, 0.25) is 0 Å². The summed E-state index contributed by atoms with van der Waals surface area (Å²) in [4.78, 5) is 20.5. The number of nitrogens with zero attached hydrogens (tertiary/aromatic N) is 1. The molecule has 32 heavy (non-hydrogen) atoms. The molecule has 0 atom stereocenters. The quantitative estimate of drug-likeness (QED) is 0.413. The first-order valence-corrected chi connectivity index (χ1v) is 10.2. The van der Waals surface area contributed by atoms with Crippen molar-refractivity contribution in [2.24, 2.45) is 0 Å². The summed E-state index contributed by atoms with van der Waals surface area (Å²) in [6.07, 6.45) is -0.247. The Hall–Kier alpha value is -3.74. The fourth-order valence-corrected chi connectivity index (χ4v) is 3.42. The van der Waals surface area contributed by atoms with Gasteiger partial charge in [0.05, 0.1) is 22.9 Å². The molecule has 0 bridgehead atoms. The Morgan fingerprint density at radius 2 is 1.78 bits per heavy atom. The molecule has 164 valence electrons. The maximum absolute atomic E-state index is 14.1. The molecule has 2 aromatic heterocycles. The zero-order chi connectivity index (χ0) is 23.0. The van der Waals surface area contributed by atoms with E-state index in [0.717, 1.165) is 11.5 Å². The van der Waals surface area contributed by atoms with Crippen LogP contribution < -0.4 is 14.9 Å². The first-order valence-electron chi connectivity index (χ1n) is 10.2. The maximum atomic E-state index is 14.1. The van der Waals surface area contributed by atoms with Crippen molar-refractivity contribution in [1.82, 2.24) is 9.97 Å². The minimum atomic E-state index is -0.988. The van der Waals surface area contributed by atoms with E-state index < -0.39 is 11.6 Å². The Morgan fingerprint density at radius 3 is 2.53 bits per heavy atom. The van der Waals surface area contributed by atoms with Crippen molar-refractivity contribution in [3.63, 3.8) is 0 Å². The van der Waals surface area contributed by atoms with Gasteiger partial charge in [-0.1, -0.05) is 18.2 Å². The number of aryl methyl sites for hydroxylation is 1. The minimum absolute atomic E-state index is 0.0160. The Labute approximate surface area is 183 Å². The Balaban J connectivity index is 1.98. The highest BCUT2D eigenvalue weighted by atomic mass is 19.2. The van der Waals surface area contributed by atoms with E-state index in [-0.39, 0.29) is 34.5 Å². The normalized spacial score (nSPS) is 11.2. The number of halogens is 2. The van der Waals surface area contributed by atoms with Crippen molar-refractivity contribution in [3.05, 3.63) is 81.6 Å². The summed E-state index contributed by atoms with van der Waals surface area (Å²) in [5, 5.41) is 0.815. The minimum Gasteiger partial charge on any atom is -0.485 e. The third-order valence-electron chi connectivity index (χ3n) is 4.93. The number of pyridine rings is 2. The molecule has 1 N–H and O–H groups in total. The molecule has 0 unspecified atom stereocenters. The van der Waals surface area contributed by atoms with Crippen LogP contribution in [0.1, 0.15) is 25.1 Å². The number of H-pyrrole nitrogens is 1. The van der Waals surface area contributed by atoms with Crippen LogP contribution in [0.4, 0.5) is 8.78 Å². The Morgan fingerprint density at radius 1 is 1.03 bits per heavy atom. The number of hydrogen-bond donors (Lipinski definition) is 1. The molecule has 2 heterocycles. The van der Waals surface area contributed by atoms with Gasteiger partial charge in [-0.3, -0.25) is 4.79 Å². The molecule has 4 rings (SSSR count). The number of aromatic amines is 1. The largest absolute Gasteiger partial charge is 0.485 e. The van der Waals surface area contributed by atoms with Gasteiger partial charge in [0.25, 0.3) is 0 Å². The van der Waals surface area contributed by atoms with Gasteiger partial charge in [-0.15, -0.1) is 0 Å². The number of nitrogens with one attached hydrogen (secondary N) is 1. The SMILES string of the molecule is Cc1cc(=O)c(OC(C)C)c(-c2cc3ccccc3nc2Oc2ccc(F)c(F)c2C)[nH]1. The standard InChI is InChI=1S/C25H22F2N2O3/c1-13(2)31-24-20(30)11-14(3)28-23(24)17-12-16-7-5-6-8-19(16)29-25(17)32-21-10-9-18(26)22(27)15(21)4/h5-13H,1-4H3,(H,28,30). The zero-order valence-electron chi connectivity index (χ0n) is 18.1. The van der Waals surface area contributed by atoms with Gasteiger partial charge in [-0.2, -0.15) is 0 Å². The van der Waals surface area contributed by atoms with E-state index in [1.54, 1.807) is 6.92 Å². The van der Waals surface area contributed by atoms with E-state index in [1.807, 2.05) is 44.2 Å². The molecular formula is C25H22F2N2O3. The fourth-order valence-electron chi connectivity index (χ4n) is 3.42. The van der Waals surface area contributed by atoms with Gasteiger partial charge in [0.1, 0.15) is 5.75 Å². The highest BCUT2D eigenvalue weighted by Gasteiger charge is 2.21. The van der Waals surface area contributed by atoms with Crippen molar-refractivity contribution < 1.29 is 18.3 Å². The molecule has 0 radical (unpaired) electrons. The highest BCUT2D eigenvalue weighted by Crippen LogP contribution is 2.38. The summed E-state index contributed by atoms with van der Waals surface area (Å²) in [7, 11) is 0. The van der Waals surface area contributed by atoms with Crippen LogP contribution in [-0.4, -0.2) is 16.1 Å². The number of fused-ring (bicyclic) bond motifs is 1. The van der Waals surface area contributed by atoms with E-state index in [0.29, 0.717) is 22.5 Å². The lowest BCUT2D eigenvalue weighted by atomic mass is 10.1. The van der Waals surface area contributed by atoms with E-state index in [9.17, 15) is 13.6 Å². The molecule has 5 nitrogen and oxygen atoms in total. The van der Waals surface area contributed by atoms with E-state index >= 15 is 0 Å². The van der Waals surface area contributed by atoms with E-state index in [4.69, 9.17) is 9.47 Å². The third kappa shape index (κ3) is 4.06. The third-order valence-corrected chi connectivity index (χ3v) is 4.93. The second kappa shape index (κ2) is 8.42. The predicted molar refractivity (Wildman–Crippen MR) is 119 cm³/mol. The molecule has 0 saturated carbocycles. The van der Waals surface area contributed by atoms with Gasteiger partial charge in [0.2, 0.25) is 11.3 Å². The lowest BCUT2D eigenvalue weighted by Gasteiger charge is -2.18. The smallest absolute Gasteiger partial charge is 0.229 e. The van der Waals surface area contributed by atoms with Crippen LogP contribution in [0.3, 0.4) is 0 Å². The van der Waals surface area contributed by atoms with E-state index in [1.165, 1.54) is 19.1 Å². The van der Waals surface area contributed by atoms with Crippen LogP contribution in [0, 0.1) is 25.5 Å². The van der Waals surface area contributed by atoms with Crippen molar-refractivity contribution in [1.29, 1.82) is 0 Å². The topological polar surface area (TPSA) is 64.2 Å². The lowest BCUT2D eigenvalue weighted by Crippen LogP contribution is -2.16. The van der Waals surface area contributed by atoms with Gasteiger partial charge in [0.15, 0.2) is 17.4 Å². The van der Waals surface area contributed by atoms with Crippen LogP contribution in [0.15, 0.2) is 53.3 Å². The van der Waals surface area contributed by atoms with Crippen molar-refractivity contribution in [2.75, 3.05) is 0 Å². The number of rotatable bonds is 5. The van der Waals surface area contributed by atoms with Gasteiger partial charge >= 0.3 is 0 Å². The average molecular weight is 436 g/mol. The van der Waals surface area contributed by atoms with Gasteiger partial charge in [-0.25, -0.2) is 13.8 Å². The predicted octanol–water partition coefficient (Wildman–Crippen LogP) is 6.06. The number of ether oxygens (including phenoxy) is 2. The Bertz CT molecular complexity index is 1380. The molecule has 0 aliphatic carbocycles. The van der Waals surface area contributed by atoms with Crippen LogP contribution in [0.5, 0.6) is 17.4 Å². The fraction of sp³-hybridized carbons (Fsp3) is 0.200. The summed E-state index contributed by atoms with van der Waals surface area (Å²) in [5.41, 5.74) is 1.87. The van der Waals surface area contributed by atoms with Gasteiger partial charge < -0.3 is 14.5 Å². The molecule has 0 spiro atoms. The highest BCUT2D eigenvalue weighted by molar-refractivity contribution is 5.86. The molecule has 4 aromatic rings. The molecular weight excluding hydrogens is 414 g/mol. The molecule has 0 aliphatic heterocycles. The van der Waals surface area contributed by atoms with Crippen molar-refractivity contribution in [2.45, 2.75) is 33.8 Å².